The normalized spacial score (nSPS) is 11.4. The fourth-order valence-electron chi connectivity index (χ4n) is 5.51. The van der Waals surface area contributed by atoms with E-state index in [4.69, 9.17) is 4.98 Å². The number of benzene rings is 1. The van der Waals surface area contributed by atoms with Gasteiger partial charge in [0.25, 0.3) is 0 Å². The number of nitrogens with zero attached hydrogens (tertiary/aromatic N) is 2. The van der Waals surface area contributed by atoms with Gasteiger partial charge in [-0.1, -0.05) is 153 Å². The van der Waals surface area contributed by atoms with E-state index >= 15 is 0 Å². The fourth-order valence-corrected chi connectivity index (χ4v) is 5.51. The molecule has 0 amide bonds. The first-order chi connectivity index (χ1) is 18.3. The first-order valence-electron chi connectivity index (χ1n) is 16.4. The van der Waals surface area contributed by atoms with E-state index < -0.39 is 0 Å². The zero-order valence-corrected chi connectivity index (χ0v) is 24.8. The Bertz CT molecular complexity index is 748. The van der Waals surface area contributed by atoms with Crippen LogP contribution in [0.15, 0.2) is 36.5 Å². The molecule has 0 bridgehead atoms. The van der Waals surface area contributed by atoms with Gasteiger partial charge in [0.05, 0.1) is 5.69 Å². The van der Waals surface area contributed by atoms with E-state index in [1.165, 1.54) is 145 Å². The highest BCUT2D eigenvalue weighted by Gasteiger charge is 2.08. The van der Waals surface area contributed by atoms with E-state index in [-0.39, 0.29) is 0 Å². The third-order valence-corrected chi connectivity index (χ3v) is 7.91. The highest BCUT2D eigenvalue weighted by atomic mass is 15.1. The number of imidazole rings is 1. The van der Waals surface area contributed by atoms with Crippen molar-refractivity contribution in [2.24, 2.45) is 0 Å². The molecule has 0 unspecified atom stereocenters. The van der Waals surface area contributed by atoms with Crippen LogP contribution >= 0.6 is 0 Å². The van der Waals surface area contributed by atoms with E-state index in [0.717, 1.165) is 25.8 Å². The molecule has 1 heterocycles. The van der Waals surface area contributed by atoms with Crippen LogP contribution < -0.4 is 0 Å². The number of unbranched alkanes of at least 4 members (excludes halogenated alkanes) is 17. The molecule has 0 aliphatic rings. The maximum atomic E-state index is 5.09. The summed E-state index contributed by atoms with van der Waals surface area (Å²) in [5, 5.41) is 0. The molecule has 0 fully saturated rings. The van der Waals surface area contributed by atoms with Crippen LogP contribution in [0.25, 0.3) is 0 Å². The fraction of sp³-hybridized carbons (Fsp3) is 0.743. The molecule has 2 heteroatoms. The minimum absolute atomic E-state index is 1.10. The second-order valence-corrected chi connectivity index (χ2v) is 11.4. The monoisotopic (exact) mass is 508 g/mol. The van der Waals surface area contributed by atoms with E-state index in [2.05, 4.69) is 54.9 Å². The summed E-state index contributed by atoms with van der Waals surface area (Å²) in [4.78, 5) is 5.09. The second-order valence-electron chi connectivity index (χ2n) is 11.4. The molecule has 2 nitrogen and oxygen atoms in total. The highest BCUT2D eigenvalue weighted by Crippen LogP contribution is 2.16. The van der Waals surface area contributed by atoms with E-state index in [1.54, 1.807) is 0 Å². The molecule has 0 spiro atoms. The lowest BCUT2D eigenvalue weighted by Gasteiger charge is -2.08. The molecule has 2 aromatic rings. The number of hydrogen-bond donors (Lipinski definition) is 0. The van der Waals surface area contributed by atoms with Gasteiger partial charge in [-0.15, -0.1) is 0 Å². The predicted octanol–water partition coefficient (Wildman–Crippen LogP) is 11.1. The third kappa shape index (κ3) is 16.1. The SMILES string of the molecule is CCCCCCCCCCCCCCCCCn1cc(CCCc2ccccc2)nc1CCCCCC. The van der Waals surface area contributed by atoms with Crippen molar-refractivity contribution in [1.29, 1.82) is 0 Å². The summed E-state index contributed by atoms with van der Waals surface area (Å²) in [6.45, 7) is 5.76. The maximum Gasteiger partial charge on any atom is 0.108 e. The van der Waals surface area contributed by atoms with E-state index in [9.17, 15) is 0 Å². The zero-order valence-electron chi connectivity index (χ0n) is 24.8. The van der Waals surface area contributed by atoms with Crippen molar-refractivity contribution < 1.29 is 0 Å². The summed E-state index contributed by atoms with van der Waals surface area (Å²) in [5.41, 5.74) is 2.75. The number of hydrogen-bond acceptors (Lipinski definition) is 1. The van der Waals surface area contributed by atoms with Gasteiger partial charge in [-0.25, -0.2) is 4.98 Å². The molecule has 0 atom stereocenters. The first kappa shape index (κ1) is 31.6. The summed E-state index contributed by atoms with van der Waals surface area (Å²) in [6.07, 6.45) is 33.7. The van der Waals surface area contributed by atoms with Crippen molar-refractivity contribution in [2.45, 2.75) is 168 Å². The van der Waals surface area contributed by atoms with Gasteiger partial charge in [0, 0.05) is 19.2 Å². The van der Waals surface area contributed by atoms with Gasteiger partial charge in [-0.2, -0.15) is 0 Å². The smallest absolute Gasteiger partial charge is 0.108 e. The van der Waals surface area contributed by atoms with Crippen LogP contribution in [0.3, 0.4) is 0 Å². The van der Waals surface area contributed by atoms with E-state index in [0.29, 0.717) is 0 Å². The summed E-state index contributed by atoms with van der Waals surface area (Å²) in [6, 6.07) is 10.9. The Kier molecular flexibility index (Phi) is 19.2. The van der Waals surface area contributed by atoms with Crippen LogP contribution in [-0.2, 0) is 25.8 Å². The topological polar surface area (TPSA) is 17.8 Å². The van der Waals surface area contributed by atoms with E-state index in [1.807, 2.05) is 0 Å². The molecule has 0 radical (unpaired) electrons. The average molecular weight is 509 g/mol. The highest BCUT2D eigenvalue weighted by molar-refractivity contribution is 5.15. The Morgan fingerprint density at radius 3 is 1.59 bits per heavy atom. The van der Waals surface area contributed by atoms with Crippen molar-refractivity contribution in [3.63, 3.8) is 0 Å². The molecule has 1 aromatic carbocycles. The summed E-state index contributed by atoms with van der Waals surface area (Å²) in [5.74, 6) is 1.34. The molecule has 0 saturated heterocycles. The second kappa shape index (κ2) is 22.4. The van der Waals surface area contributed by atoms with Gasteiger partial charge >= 0.3 is 0 Å². The van der Waals surface area contributed by atoms with Gasteiger partial charge in [0.1, 0.15) is 5.82 Å². The van der Waals surface area contributed by atoms with Crippen molar-refractivity contribution in [3.05, 3.63) is 53.6 Å². The molecular weight excluding hydrogens is 448 g/mol. The predicted molar refractivity (Wildman–Crippen MR) is 163 cm³/mol. The van der Waals surface area contributed by atoms with Crippen molar-refractivity contribution in [3.8, 4) is 0 Å². The van der Waals surface area contributed by atoms with Crippen molar-refractivity contribution >= 4 is 0 Å². The molecule has 0 aliphatic carbocycles. The summed E-state index contributed by atoms with van der Waals surface area (Å²) >= 11 is 0. The lowest BCUT2D eigenvalue weighted by atomic mass is 10.0. The van der Waals surface area contributed by atoms with Crippen LogP contribution in [0.5, 0.6) is 0 Å². The largest absolute Gasteiger partial charge is 0.335 e. The van der Waals surface area contributed by atoms with Crippen molar-refractivity contribution in [1.82, 2.24) is 9.55 Å². The van der Waals surface area contributed by atoms with Crippen LogP contribution in [0.1, 0.15) is 159 Å². The number of aryl methyl sites for hydroxylation is 4. The first-order valence-corrected chi connectivity index (χ1v) is 16.4. The van der Waals surface area contributed by atoms with Gasteiger partial charge in [0.15, 0.2) is 0 Å². The zero-order chi connectivity index (χ0) is 26.2. The molecule has 37 heavy (non-hydrogen) atoms. The van der Waals surface area contributed by atoms with Crippen LogP contribution in [0.4, 0.5) is 0 Å². The number of aromatic nitrogens is 2. The Morgan fingerprint density at radius 1 is 0.514 bits per heavy atom. The quantitative estimate of drug-likeness (QED) is 0.122. The standard InChI is InChI=1S/C35H60N2/c1-3-5-7-9-10-11-12-13-14-15-16-17-18-19-24-31-37-32-34(36-35(37)30-23-8-6-4-2)29-25-28-33-26-21-20-22-27-33/h20-22,26-27,32H,3-19,23-25,28-31H2,1-2H3. The molecule has 2 rings (SSSR count). The lowest BCUT2D eigenvalue weighted by Crippen LogP contribution is -2.03. The van der Waals surface area contributed by atoms with Gasteiger partial charge in [-0.05, 0) is 37.7 Å². The van der Waals surface area contributed by atoms with Gasteiger partial charge in [0.2, 0.25) is 0 Å². The molecular formula is C35H60N2. The Morgan fingerprint density at radius 2 is 1.03 bits per heavy atom. The van der Waals surface area contributed by atoms with Gasteiger partial charge in [-0.3, -0.25) is 0 Å². The lowest BCUT2D eigenvalue weighted by molar-refractivity contribution is 0.516. The van der Waals surface area contributed by atoms with Gasteiger partial charge < -0.3 is 4.57 Å². The van der Waals surface area contributed by atoms with Crippen LogP contribution in [-0.4, -0.2) is 9.55 Å². The minimum Gasteiger partial charge on any atom is -0.335 e. The Hall–Kier alpha value is -1.57. The Labute approximate surface area is 231 Å². The average Bonchev–Trinajstić information content (AvgIpc) is 3.31. The molecule has 0 N–H and O–H groups in total. The molecule has 0 aliphatic heterocycles. The molecule has 210 valence electrons. The summed E-state index contributed by atoms with van der Waals surface area (Å²) in [7, 11) is 0. The summed E-state index contributed by atoms with van der Waals surface area (Å²) < 4.78 is 2.51. The molecule has 0 saturated carbocycles. The molecule has 1 aromatic heterocycles. The van der Waals surface area contributed by atoms with Crippen molar-refractivity contribution in [2.75, 3.05) is 0 Å². The Balaban J connectivity index is 1.57. The minimum atomic E-state index is 1.10. The maximum absolute atomic E-state index is 5.09. The third-order valence-electron chi connectivity index (χ3n) is 7.91. The number of rotatable bonds is 25. The van der Waals surface area contributed by atoms with Crippen LogP contribution in [0.2, 0.25) is 0 Å². The van der Waals surface area contributed by atoms with Crippen LogP contribution in [0, 0.1) is 0 Å².